The van der Waals surface area contributed by atoms with Crippen LogP contribution in [0.3, 0.4) is 0 Å². The Bertz CT molecular complexity index is 597. The zero-order valence-corrected chi connectivity index (χ0v) is 13.2. The van der Waals surface area contributed by atoms with E-state index in [9.17, 15) is 4.79 Å². The standard InChI is InChI=1S/C16H16Cl2N2O/c1-20(11-12-7-13(17)9-14(18)8-12)16(21)10-19-15-5-3-2-4-6-15/h2-9,19H,10-11H2,1H3. The van der Waals surface area contributed by atoms with Crippen molar-refractivity contribution in [3.8, 4) is 0 Å². The summed E-state index contributed by atoms with van der Waals surface area (Å²) in [6.45, 7) is 0.713. The van der Waals surface area contributed by atoms with Gasteiger partial charge in [-0.2, -0.15) is 0 Å². The number of benzene rings is 2. The predicted molar refractivity (Wildman–Crippen MR) is 87.9 cm³/mol. The van der Waals surface area contributed by atoms with E-state index < -0.39 is 0 Å². The summed E-state index contributed by atoms with van der Waals surface area (Å²) < 4.78 is 0. The number of amides is 1. The fourth-order valence-corrected chi connectivity index (χ4v) is 2.50. The first-order valence-electron chi connectivity index (χ1n) is 6.52. The van der Waals surface area contributed by atoms with Gasteiger partial charge in [-0.1, -0.05) is 41.4 Å². The molecule has 1 N–H and O–H groups in total. The lowest BCUT2D eigenvalue weighted by molar-refractivity contribution is -0.128. The van der Waals surface area contributed by atoms with Crippen LogP contribution in [0.1, 0.15) is 5.56 Å². The quantitative estimate of drug-likeness (QED) is 0.900. The number of nitrogens with zero attached hydrogens (tertiary/aromatic N) is 1. The fourth-order valence-electron chi connectivity index (χ4n) is 1.93. The number of likely N-dealkylation sites (N-methyl/N-ethyl adjacent to an activating group) is 1. The average molecular weight is 323 g/mol. The first kappa shape index (κ1) is 15.7. The molecule has 0 spiro atoms. The summed E-state index contributed by atoms with van der Waals surface area (Å²) in [6.07, 6.45) is 0. The van der Waals surface area contributed by atoms with Gasteiger partial charge >= 0.3 is 0 Å². The first-order valence-corrected chi connectivity index (χ1v) is 7.28. The lowest BCUT2D eigenvalue weighted by Gasteiger charge is -2.18. The SMILES string of the molecule is CN(Cc1cc(Cl)cc(Cl)c1)C(=O)CNc1ccccc1. The molecule has 0 radical (unpaired) electrons. The predicted octanol–water partition coefficient (Wildman–Crippen LogP) is 4.06. The maximum atomic E-state index is 12.1. The highest BCUT2D eigenvalue weighted by Gasteiger charge is 2.10. The Labute approximate surface area is 134 Å². The van der Waals surface area contributed by atoms with Gasteiger partial charge < -0.3 is 10.2 Å². The normalized spacial score (nSPS) is 10.2. The van der Waals surface area contributed by atoms with Gasteiger partial charge in [0.1, 0.15) is 0 Å². The second-order valence-corrected chi connectivity index (χ2v) is 5.62. The summed E-state index contributed by atoms with van der Waals surface area (Å²) in [7, 11) is 1.75. The zero-order chi connectivity index (χ0) is 15.2. The van der Waals surface area contributed by atoms with E-state index in [0.717, 1.165) is 11.3 Å². The Morgan fingerprint density at radius 2 is 1.71 bits per heavy atom. The number of hydrogen-bond acceptors (Lipinski definition) is 2. The third-order valence-corrected chi connectivity index (χ3v) is 3.42. The molecule has 0 aliphatic rings. The summed E-state index contributed by atoms with van der Waals surface area (Å²) >= 11 is 11.9. The highest BCUT2D eigenvalue weighted by molar-refractivity contribution is 6.34. The number of para-hydroxylation sites is 1. The highest BCUT2D eigenvalue weighted by Crippen LogP contribution is 2.20. The number of halogens is 2. The van der Waals surface area contributed by atoms with Crippen LogP contribution in [0, 0.1) is 0 Å². The van der Waals surface area contributed by atoms with E-state index in [1.165, 1.54) is 0 Å². The molecule has 0 heterocycles. The van der Waals surface area contributed by atoms with Gasteiger partial charge in [-0.3, -0.25) is 4.79 Å². The van der Waals surface area contributed by atoms with E-state index in [1.807, 2.05) is 42.5 Å². The van der Waals surface area contributed by atoms with E-state index >= 15 is 0 Å². The molecule has 5 heteroatoms. The van der Waals surface area contributed by atoms with Crippen molar-refractivity contribution in [1.82, 2.24) is 4.90 Å². The van der Waals surface area contributed by atoms with Crippen molar-refractivity contribution in [1.29, 1.82) is 0 Å². The van der Waals surface area contributed by atoms with Crippen molar-refractivity contribution in [2.45, 2.75) is 6.54 Å². The maximum Gasteiger partial charge on any atom is 0.241 e. The third kappa shape index (κ3) is 4.96. The van der Waals surface area contributed by atoms with E-state index in [1.54, 1.807) is 18.0 Å². The summed E-state index contributed by atoms with van der Waals surface area (Å²) in [5, 5.41) is 4.23. The van der Waals surface area contributed by atoms with Crippen LogP contribution in [0.5, 0.6) is 0 Å². The second-order valence-electron chi connectivity index (χ2n) is 4.75. The van der Waals surface area contributed by atoms with Crippen LogP contribution in [0.4, 0.5) is 5.69 Å². The van der Waals surface area contributed by atoms with Crippen molar-refractivity contribution in [3.05, 3.63) is 64.1 Å². The molecule has 0 aliphatic carbocycles. The molecule has 0 saturated carbocycles. The van der Waals surface area contributed by atoms with Gasteiger partial charge in [0.05, 0.1) is 6.54 Å². The first-order chi connectivity index (χ1) is 10.0. The van der Waals surface area contributed by atoms with Crippen LogP contribution in [-0.4, -0.2) is 24.4 Å². The van der Waals surface area contributed by atoms with Gasteiger partial charge in [-0.05, 0) is 35.9 Å². The molecule has 0 saturated heterocycles. The fraction of sp³-hybridized carbons (Fsp3) is 0.188. The Kier molecular flexibility index (Phi) is 5.48. The lowest BCUT2D eigenvalue weighted by atomic mass is 10.2. The summed E-state index contributed by atoms with van der Waals surface area (Å²) in [5.74, 6) is -0.00467. The number of hydrogen-bond donors (Lipinski definition) is 1. The monoisotopic (exact) mass is 322 g/mol. The van der Waals surface area contributed by atoms with Gasteiger partial charge in [0, 0.05) is 29.3 Å². The second kappa shape index (κ2) is 7.34. The molecule has 0 aliphatic heterocycles. The molecule has 0 bridgehead atoms. The van der Waals surface area contributed by atoms with Crippen LogP contribution >= 0.6 is 23.2 Å². The molecule has 2 rings (SSSR count). The molecule has 0 aromatic heterocycles. The molecule has 0 fully saturated rings. The van der Waals surface area contributed by atoms with Gasteiger partial charge in [-0.25, -0.2) is 0 Å². The molecular weight excluding hydrogens is 307 g/mol. The Morgan fingerprint density at radius 1 is 1.10 bits per heavy atom. The topological polar surface area (TPSA) is 32.3 Å². The van der Waals surface area contributed by atoms with Gasteiger partial charge in [0.25, 0.3) is 0 Å². The number of anilines is 1. The van der Waals surface area contributed by atoms with Crippen molar-refractivity contribution >= 4 is 34.8 Å². The van der Waals surface area contributed by atoms with Crippen molar-refractivity contribution in [2.24, 2.45) is 0 Å². The van der Waals surface area contributed by atoms with Gasteiger partial charge in [-0.15, -0.1) is 0 Å². The van der Waals surface area contributed by atoms with E-state index in [-0.39, 0.29) is 12.5 Å². The number of carbonyl (C=O) groups is 1. The molecule has 0 atom stereocenters. The van der Waals surface area contributed by atoms with Gasteiger partial charge in [0.15, 0.2) is 0 Å². The van der Waals surface area contributed by atoms with Crippen LogP contribution in [0.2, 0.25) is 10.0 Å². The molecule has 21 heavy (non-hydrogen) atoms. The minimum atomic E-state index is -0.00467. The third-order valence-electron chi connectivity index (χ3n) is 2.99. The Morgan fingerprint density at radius 3 is 2.33 bits per heavy atom. The number of rotatable bonds is 5. The maximum absolute atomic E-state index is 12.1. The average Bonchev–Trinajstić information content (AvgIpc) is 2.44. The smallest absolute Gasteiger partial charge is 0.241 e. The molecule has 3 nitrogen and oxygen atoms in total. The Hall–Kier alpha value is -1.71. The molecule has 110 valence electrons. The van der Waals surface area contributed by atoms with Crippen LogP contribution in [0.25, 0.3) is 0 Å². The van der Waals surface area contributed by atoms with E-state index in [2.05, 4.69) is 5.32 Å². The highest BCUT2D eigenvalue weighted by atomic mass is 35.5. The molecule has 0 unspecified atom stereocenters. The van der Waals surface area contributed by atoms with Crippen LogP contribution in [-0.2, 0) is 11.3 Å². The minimum Gasteiger partial charge on any atom is -0.376 e. The zero-order valence-electron chi connectivity index (χ0n) is 11.6. The molecule has 2 aromatic carbocycles. The Balaban J connectivity index is 1.90. The largest absolute Gasteiger partial charge is 0.376 e. The van der Waals surface area contributed by atoms with Crippen molar-refractivity contribution in [3.63, 3.8) is 0 Å². The summed E-state index contributed by atoms with van der Waals surface area (Å²) in [6, 6.07) is 14.9. The minimum absolute atomic E-state index is 0.00467. The van der Waals surface area contributed by atoms with Crippen molar-refractivity contribution in [2.75, 3.05) is 18.9 Å². The van der Waals surface area contributed by atoms with Crippen LogP contribution in [0.15, 0.2) is 48.5 Å². The number of carbonyl (C=O) groups excluding carboxylic acids is 1. The van der Waals surface area contributed by atoms with Crippen molar-refractivity contribution < 1.29 is 4.79 Å². The van der Waals surface area contributed by atoms with E-state index in [0.29, 0.717) is 16.6 Å². The molecule has 2 aromatic rings. The van der Waals surface area contributed by atoms with E-state index in [4.69, 9.17) is 23.2 Å². The summed E-state index contributed by atoms with van der Waals surface area (Å²) in [4.78, 5) is 13.7. The number of nitrogens with one attached hydrogen (secondary N) is 1. The van der Waals surface area contributed by atoms with Gasteiger partial charge in [0.2, 0.25) is 5.91 Å². The molecule has 1 amide bonds. The summed E-state index contributed by atoms with van der Waals surface area (Å²) in [5.41, 5.74) is 1.83. The molecular formula is C16H16Cl2N2O. The van der Waals surface area contributed by atoms with Crippen LogP contribution < -0.4 is 5.32 Å². The lowest BCUT2D eigenvalue weighted by Crippen LogP contribution is -2.31.